The van der Waals surface area contributed by atoms with Gasteiger partial charge in [-0.1, -0.05) is 36.4 Å². The number of nitrogens with zero attached hydrogens (tertiary/aromatic N) is 4. The Bertz CT molecular complexity index is 1300. The van der Waals surface area contributed by atoms with E-state index in [1.165, 1.54) is 7.05 Å². The van der Waals surface area contributed by atoms with Crippen LogP contribution in [0.5, 0.6) is 5.88 Å². The van der Waals surface area contributed by atoms with Crippen LogP contribution in [0.1, 0.15) is 16.1 Å². The van der Waals surface area contributed by atoms with E-state index in [9.17, 15) is 14.7 Å². The number of carbonyl (C=O) groups excluding carboxylic acids is 1. The molecule has 0 radical (unpaired) electrons. The molecule has 1 amide bonds. The van der Waals surface area contributed by atoms with Crippen molar-refractivity contribution >= 4 is 33.3 Å². The third-order valence-electron chi connectivity index (χ3n) is 4.40. The first kappa shape index (κ1) is 16.6. The van der Waals surface area contributed by atoms with E-state index in [0.29, 0.717) is 16.2 Å². The summed E-state index contributed by atoms with van der Waals surface area (Å²) in [6, 6.07) is 12.2. The summed E-state index contributed by atoms with van der Waals surface area (Å²) in [6.07, 6.45) is 0. The van der Waals surface area contributed by atoms with Crippen molar-refractivity contribution < 1.29 is 9.90 Å². The summed E-state index contributed by atoms with van der Waals surface area (Å²) < 4.78 is 1.09. The maximum absolute atomic E-state index is 12.6. The second-order valence-electron chi connectivity index (χ2n) is 6.15. The molecule has 0 aliphatic heterocycles. The van der Waals surface area contributed by atoms with Gasteiger partial charge in [0, 0.05) is 17.8 Å². The molecule has 0 fully saturated rings. The van der Waals surface area contributed by atoms with Gasteiger partial charge < -0.3 is 10.1 Å². The maximum atomic E-state index is 12.6. The van der Waals surface area contributed by atoms with Crippen LogP contribution in [-0.2, 0) is 7.05 Å². The second kappa shape index (κ2) is 6.17. The van der Waals surface area contributed by atoms with Crippen LogP contribution in [0, 0.1) is 6.92 Å². The molecule has 0 bridgehead atoms. The number of hydrogen-bond acceptors (Lipinski definition) is 5. The summed E-state index contributed by atoms with van der Waals surface area (Å²) in [7, 11) is 1.47. The number of hydrogen-bond donors (Lipinski definition) is 2. The zero-order valence-corrected chi connectivity index (χ0v) is 14.6. The van der Waals surface area contributed by atoms with Gasteiger partial charge in [0.2, 0.25) is 5.88 Å². The fourth-order valence-corrected chi connectivity index (χ4v) is 3.04. The van der Waals surface area contributed by atoms with Gasteiger partial charge >= 0.3 is 5.91 Å². The lowest BCUT2D eigenvalue weighted by molar-refractivity contribution is 0.0990. The normalized spacial score (nSPS) is 11.6. The Morgan fingerprint density at radius 2 is 1.81 bits per heavy atom. The number of amides is 1. The van der Waals surface area contributed by atoms with Gasteiger partial charge in [-0.25, -0.2) is 4.68 Å². The van der Waals surface area contributed by atoms with E-state index in [-0.39, 0.29) is 22.8 Å². The fraction of sp³-hybridized carbons (Fsp3) is 0.105. The van der Waals surface area contributed by atoms with Crippen LogP contribution >= 0.6 is 0 Å². The third kappa shape index (κ3) is 2.67. The van der Waals surface area contributed by atoms with Crippen LogP contribution < -0.4 is 5.56 Å². The van der Waals surface area contributed by atoms with Gasteiger partial charge in [-0.3, -0.25) is 9.59 Å². The third-order valence-corrected chi connectivity index (χ3v) is 4.40. The molecule has 0 aliphatic carbocycles. The Labute approximate surface area is 152 Å². The highest BCUT2D eigenvalue weighted by Crippen LogP contribution is 2.36. The fourth-order valence-electron chi connectivity index (χ4n) is 3.04. The molecule has 0 spiro atoms. The molecule has 27 heavy (non-hydrogen) atoms. The molecule has 0 aliphatic rings. The molecule has 0 unspecified atom stereocenters. The van der Waals surface area contributed by atoms with Crippen LogP contribution in [0.4, 0.5) is 5.69 Å². The highest BCUT2D eigenvalue weighted by Gasteiger charge is 2.17. The van der Waals surface area contributed by atoms with E-state index >= 15 is 0 Å². The average molecular weight is 361 g/mol. The average Bonchev–Trinajstić information content (AvgIpc) is 2.99. The number of aryl methyl sites for hydroxylation is 2. The minimum absolute atomic E-state index is 0.0203. The minimum atomic E-state index is -0.705. The van der Waals surface area contributed by atoms with E-state index in [1.54, 1.807) is 30.3 Å². The molecule has 2 N–H and O–H groups in total. The largest absolute Gasteiger partial charge is 0.493 e. The smallest absolute Gasteiger partial charge is 0.316 e. The van der Waals surface area contributed by atoms with Gasteiger partial charge in [0.1, 0.15) is 0 Å². The quantitative estimate of drug-likeness (QED) is 0.533. The van der Waals surface area contributed by atoms with Crippen molar-refractivity contribution in [3.8, 4) is 5.88 Å². The van der Waals surface area contributed by atoms with Crippen molar-refractivity contribution in [1.29, 1.82) is 0 Å². The van der Waals surface area contributed by atoms with Crippen LogP contribution in [0.15, 0.2) is 57.5 Å². The van der Waals surface area contributed by atoms with E-state index in [0.717, 1.165) is 15.8 Å². The van der Waals surface area contributed by atoms with Gasteiger partial charge in [-0.15, -0.1) is 10.2 Å². The number of nitrogens with one attached hydrogen (secondary N) is 1. The first-order chi connectivity index (χ1) is 13.0. The number of rotatable bonds is 2. The van der Waals surface area contributed by atoms with Gasteiger partial charge in [-0.05, 0) is 18.6 Å². The van der Waals surface area contributed by atoms with Gasteiger partial charge in [0.05, 0.1) is 10.9 Å². The predicted molar refractivity (Wildman–Crippen MR) is 101 cm³/mol. The molecule has 8 heteroatoms. The van der Waals surface area contributed by atoms with Crippen LogP contribution in [-0.4, -0.2) is 25.8 Å². The summed E-state index contributed by atoms with van der Waals surface area (Å²) in [5, 5.41) is 23.2. The SMILES string of the molecule is Cc1cccc2c(N=NC(=O)c3nn(C)c(=O)c4ccccc34)c(O)[nH]c12. The Morgan fingerprint density at radius 3 is 2.59 bits per heavy atom. The molecule has 0 atom stereocenters. The summed E-state index contributed by atoms with van der Waals surface area (Å²) in [5.74, 6) is -0.877. The molecule has 0 saturated heterocycles. The highest BCUT2D eigenvalue weighted by molar-refractivity contribution is 6.05. The summed E-state index contributed by atoms with van der Waals surface area (Å²) in [6.45, 7) is 1.89. The molecular formula is C19H15N5O3. The lowest BCUT2D eigenvalue weighted by atomic mass is 10.1. The Kier molecular flexibility index (Phi) is 3.80. The van der Waals surface area contributed by atoms with Crippen molar-refractivity contribution in [2.75, 3.05) is 0 Å². The summed E-state index contributed by atoms with van der Waals surface area (Å²) in [5.41, 5.74) is 1.55. The van der Waals surface area contributed by atoms with Crippen molar-refractivity contribution in [3.05, 3.63) is 64.1 Å². The molecule has 4 rings (SSSR count). The molecule has 4 aromatic rings. The zero-order chi connectivity index (χ0) is 19.1. The number of azo groups is 1. The number of carbonyl (C=O) groups is 1. The minimum Gasteiger partial charge on any atom is -0.493 e. The number of benzene rings is 2. The topological polar surface area (TPSA) is 113 Å². The lowest BCUT2D eigenvalue weighted by Crippen LogP contribution is -2.22. The van der Waals surface area contributed by atoms with Crippen molar-refractivity contribution in [2.45, 2.75) is 6.92 Å². The second-order valence-corrected chi connectivity index (χ2v) is 6.15. The van der Waals surface area contributed by atoms with Crippen molar-refractivity contribution in [1.82, 2.24) is 14.8 Å². The molecule has 0 saturated carbocycles. The van der Waals surface area contributed by atoms with E-state index in [4.69, 9.17) is 0 Å². The van der Waals surface area contributed by atoms with E-state index in [1.807, 2.05) is 19.1 Å². The van der Waals surface area contributed by atoms with Crippen LogP contribution in [0.3, 0.4) is 0 Å². The van der Waals surface area contributed by atoms with Crippen LogP contribution in [0.2, 0.25) is 0 Å². The Balaban J connectivity index is 1.81. The predicted octanol–water partition coefficient (Wildman–Crippen LogP) is 3.35. The number of aromatic nitrogens is 3. The monoisotopic (exact) mass is 361 g/mol. The van der Waals surface area contributed by atoms with Gasteiger partial charge in [-0.2, -0.15) is 5.10 Å². The number of aromatic amines is 1. The summed E-state index contributed by atoms with van der Waals surface area (Å²) in [4.78, 5) is 27.6. The molecule has 2 heterocycles. The van der Waals surface area contributed by atoms with E-state index < -0.39 is 5.91 Å². The first-order valence-electron chi connectivity index (χ1n) is 8.19. The zero-order valence-electron chi connectivity index (χ0n) is 14.6. The van der Waals surface area contributed by atoms with Crippen molar-refractivity contribution in [2.24, 2.45) is 17.3 Å². The van der Waals surface area contributed by atoms with Crippen molar-refractivity contribution in [3.63, 3.8) is 0 Å². The Morgan fingerprint density at radius 1 is 1.11 bits per heavy atom. The lowest BCUT2D eigenvalue weighted by Gasteiger charge is -2.04. The van der Waals surface area contributed by atoms with Gasteiger partial charge in [0.15, 0.2) is 11.4 Å². The Hall–Kier alpha value is -3.81. The molecule has 2 aromatic carbocycles. The molecular weight excluding hydrogens is 346 g/mol. The molecule has 2 aromatic heterocycles. The molecule has 134 valence electrons. The maximum Gasteiger partial charge on any atom is 0.316 e. The molecule has 8 nitrogen and oxygen atoms in total. The standard InChI is InChI=1S/C19H15N5O3/c1-10-6-5-9-13-14(10)20-17(25)15(13)21-22-18(26)16-11-7-3-4-8-12(11)19(27)24(2)23-16/h3-9,20,25H,1-2H3. The highest BCUT2D eigenvalue weighted by atomic mass is 16.3. The summed E-state index contributed by atoms with van der Waals surface area (Å²) >= 11 is 0. The number of para-hydroxylation sites is 1. The van der Waals surface area contributed by atoms with Gasteiger partial charge in [0.25, 0.3) is 5.56 Å². The number of H-pyrrole nitrogens is 1. The van der Waals surface area contributed by atoms with Crippen LogP contribution in [0.25, 0.3) is 21.7 Å². The van der Waals surface area contributed by atoms with E-state index in [2.05, 4.69) is 20.3 Å². The number of fused-ring (bicyclic) bond motifs is 2. The first-order valence-corrected chi connectivity index (χ1v) is 8.19. The number of aromatic hydroxyl groups is 1.